The lowest BCUT2D eigenvalue weighted by Gasteiger charge is -2.39. The Morgan fingerprint density at radius 2 is 1.96 bits per heavy atom. The molecule has 8 rings (SSSR count). The van der Waals surface area contributed by atoms with Crippen LogP contribution in [0.1, 0.15) is 98.6 Å². The molecular weight excluding hydrogens is 597 g/mol. The maximum atomic E-state index is 10.1. The van der Waals surface area contributed by atoms with Crippen LogP contribution in [0.3, 0.4) is 0 Å². The van der Waals surface area contributed by atoms with Crippen LogP contribution in [0.2, 0.25) is 0 Å². The first-order chi connectivity index (χ1) is 22.3. The minimum atomic E-state index is -0.407. The molecule has 4 aromatic heterocycles. The zero-order chi connectivity index (χ0) is 31.7. The van der Waals surface area contributed by atoms with Crippen molar-refractivity contribution in [2.24, 2.45) is 5.92 Å². The standard InChI is InChI=1S/C34H40N10OS/c1-19-15-21(16-35)10-14-43(19)32-24-18-38-44(20(2)25-8-6-13-42(25)3)33(24)40-31(39-32)28-22-7-4-11-34(29(22)45-41-28)12-5-9-26-27(34)23(17-36)30(37)46-26/h18-21,25H,4-15,37H2,1-3H3/t19-,20+,21+,25+,34+/m1/s1. The number of aryl methyl sites for hydroxylation is 1. The van der Waals surface area contributed by atoms with Crippen LogP contribution >= 0.6 is 11.3 Å². The highest BCUT2D eigenvalue weighted by Crippen LogP contribution is 2.55. The fraction of sp³-hybridized carbons (Fsp3) is 0.588. The van der Waals surface area contributed by atoms with E-state index in [1.807, 2.05) is 6.20 Å². The summed E-state index contributed by atoms with van der Waals surface area (Å²) in [6.45, 7) is 6.25. The zero-order valence-electron chi connectivity index (χ0n) is 26.8. The smallest absolute Gasteiger partial charge is 0.186 e. The molecule has 2 fully saturated rings. The van der Waals surface area contributed by atoms with Gasteiger partial charge in [0, 0.05) is 35.0 Å². The lowest BCUT2D eigenvalue weighted by atomic mass is 9.63. The van der Waals surface area contributed by atoms with Crippen molar-refractivity contribution in [2.45, 2.75) is 102 Å². The van der Waals surface area contributed by atoms with Gasteiger partial charge in [-0.2, -0.15) is 15.6 Å². The van der Waals surface area contributed by atoms with E-state index >= 15 is 0 Å². The largest absolute Gasteiger partial charge is 0.389 e. The molecule has 4 aromatic rings. The highest BCUT2D eigenvalue weighted by molar-refractivity contribution is 7.16. The Kier molecular flexibility index (Phi) is 7.07. The van der Waals surface area contributed by atoms with Crippen molar-refractivity contribution in [2.75, 3.05) is 30.8 Å². The summed E-state index contributed by atoms with van der Waals surface area (Å²) in [5.74, 6) is 2.30. The molecule has 0 amide bonds. The third-order valence-corrected chi connectivity index (χ3v) is 12.4. The summed E-state index contributed by atoms with van der Waals surface area (Å²) in [5.41, 5.74) is 10.2. The number of rotatable bonds is 4. The quantitative estimate of drug-likeness (QED) is 0.294. The molecule has 6 heterocycles. The monoisotopic (exact) mass is 636 g/mol. The van der Waals surface area contributed by atoms with Crippen LogP contribution in [0.5, 0.6) is 0 Å². The average molecular weight is 637 g/mol. The zero-order valence-corrected chi connectivity index (χ0v) is 27.6. The fourth-order valence-corrected chi connectivity index (χ4v) is 10.2. The Morgan fingerprint density at radius 1 is 1.13 bits per heavy atom. The van der Waals surface area contributed by atoms with Crippen LogP contribution in [0.25, 0.3) is 22.6 Å². The maximum Gasteiger partial charge on any atom is 0.186 e. The van der Waals surface area contributed by atoms with Gasteiger partial charge in [-0.05, 0) is 97.2 Å². The van der Waals surface area contributed by atoms with Gasteiger partial charge in [-0.3, -0.25) is 0 Å². The highest BCUT2D eigenvalue weighted by atomic mass is 32.1. The van der Waals surface area contributed by atoms with Crippen LogP contribution in [-0.4, -0.2) is 62.0 Å². The normalized spacial score (nSPS) is 27.0. The third-order valence-electron chi connectivity index (χ3n) is 11.4. The molecule has 0 unspecified atom stereocenters. The number of aromatic nitrogens is 5. The Bertz CT molecular complexity index is 1910. The lowest BCUT2D eigenvalue weighted by Crippen LogP contribution is -2.41. The molecule has 238 valence electrons. The fourth-order valence-electron chi connectivity index (χ4n) is 9.06. The SMILES string of the molecule is C[C@@H]1C[C@@H](C#N)CCN1c1nc(-c2noc3c2CCC[C@@]32CCCc3sc(N)c(C#N)c32)nc2c1cnn2[C@@H](C)[C@@H]1CCCN1C. The number of nitrogens with zero attached hydrogens (tertiary/aromatic N) is 9. The molecule has 0 bridgehead atoms. The number of nitrogens with two attached hydrogens (primary N) is 1. The number of anilines is 2. The molecular formula is C34H40N10OS. The highest BCUT2D eigenvalue weighted by Gasteiger charge is 2.49. The predicted octanol–water partition coefficient (Wildman–Crippen LogP) is 5.74. The number of likely N-dealkylation sites (N-methyl/N-ethyl adjacent to an activating group) is 1. The van der Waals surface area contributed by atoms with Crippen molar-refractivity contribution in [1.29, 1.82) is 10.5 Å². The molecule has 12 heteroatoms. The Labute approximate surface area is 273 Å². The molecule has 5 atom stereocenters. The second-order valence-electron chi connectivity index (χ2n) is 13.9. The van der Waals surface area contributed by atoms with E-state index in [0.717, 1.165) is 105 Å². The Balaban J connectivity index is 1.29. The number of hydrogen-bond acceptors (Lipinski definition) is 11. The summed E-state index contributed by atoms with van der Waals surface area (Å²) in [4.78, 5) is 16.4. The first kappa shape index (κ1) is 29.4. The van der Waals surface area contributed by atoms with Gasteiger partial charge >= 0.3 is 0 Å². The van der Waals surface area contributed by atoms with Crippen molar-refractivity contribution in [3.63, 3.8) is 0 Å². The Morgan fingerprint density at radius 3 is 2.70 bits per heavy atom. The Hall–Kier alpha value is -4.00. The predicted molar refractivity (Wildman–Crippen MR) is 176 cm³/mol. The second-order valence-corrected chi connectivity index (χ2v) is 15.0. The van der Waals surface area contributed by atoms with Gasteiger partial charge in [0.1, 0.15) is 16.9 Å². The van der Waals surface area contributed by atoms with Gasteiger partial charge in [0.25, 0.3) is 0 Å². The third kappa shape index (κ3) is 4.30. The van der Waals surface area contributed by atoms with E-state index < -0.39 is 5.41 Å². The molecule has 0 radical (unpaired) electrons. The van der Waals surface area contributed by atoms with E-state index in [0.29, 0.717) is 28.1 Å². The van der Waals surface area contributed by atoms with E-state index in [9.17, 15) is 10.5 Å². The van der Waals surface area contributed by atoms with Crippen LogP contribution in [0.15, 0.2) is 10.7 Å². The summed E-state index contributed by atoms with van der Waals surface area (Å²) in [7, 11) is 2.19. The number of hydrogen-bond donors (Lipinski definition) is 1. The first-order valence-electron chi connectivity index (χ1n) is 16.8. The minimum absolute atomic E-state index is 0.0484. The number of nitrogen functional groups attached to an aromatic ring is 1. The van der Waals surface area contributed by atoms with Crippen LogP contribution in [0.4, 0.5) is 10.8 Å². The summed E-state index contributed by atoms with van der Waals surface area (Å²) in [5, 5.41) is 31.0. The van der Waals surface area contributed by atoms with Crippen molar-refractivity contribution >= 4 is 33.2 Å². The molecule has 4 aliphatic rings. The van der Waals surface area contributed by atoms with Gasteiger partial charge in [-0.1, -0.05) is 5.16 Å². The molecule has 2 aliphatic heterocycles. The van der Waals surface area contributed by atoms with E-state index in [2.05, 4.69) is 47.5 Å². The van der Waals surface area contributed by atoms with E-state index in [1.165, 1.54) is 11.3 Å². The average Bonchev–Trinajstić information content (AvgIpc) is 3.85. The van der Waals surface area contributed by atoms with Gasteiger partial charge in [-0.25, -0.2) is 14.6 Å². The summed E-state index contributed by atoms with van der Waals surface area (Å²) in [6.07, 6.45) is 11.4. The molecule has 2 N–H and O–H groups in total. The maximum absolute atomic E-state index is 10.1. The molecule has 46 heavy (non-hydrogen) atoms. The van der Waals surface area contributed by atoms with Crippen molar-refractivity contribution in [3.05, 3.63) is 33.5 Å². The second kappa shape index (κ2) is 11.1. The van der Waals surface area contributed by atoms with Crippen LogP contribution in [-0.2, 0) is 18.3 Å². The summed E-state index contributed by atoms with van der Waals surface area (Å²) >= 11 is 1.55. The van der Waals surface area contributed by atoms with Gasteiger partial charge < -0.3 is 20.1 Å². The van der Waals surface area contributed by atoms with Crippen molar-refractivity contribution in [1.82, 2.24) is 29.8 Å². The van der Waals surface area contributed by atoms with E-state index in [4.69, 9.17) is 30.5 Å². The molecule has 0 aromatic carbocycles. The van der Waals surface area contributed by atoms with Gasteiger partial charge in [0.2, 0.25) is 0 Å². The van der Waals surface area contributed by atoms with Crippen LogP contribution in [0, 0.1) is 28.6 Å². The summed E-state index contributed by atoms with van der Waals surface area (Å²) in [6, 6.07) is 5.56. The number of likely N-dealkylation sites (tertiary alicyclic amines) is 1. The van der Waals surface area contributed by atoms with Crippen LogP contribution < -0.4 is 10.6 Å². The lowest BCUT2D eigenvalue weighted by molar-refractivity contribution is 0.232. The number of piperidine rings is 1. The molecule has 2 saturated heterocycles. The number of thiophene rings is 1. The van der Waals surface area contributed by atoms with Crippen molar-refractivity contribution in [3.8, 4) is 23.7 Å². The number of fused-ring (bicyclic) bond motifs is 5. The molecule has 2 aliphatic carbocycles. The molecule has 0 saturated carbocycles. The van der Waals surface area contributed by atoms with Crippen molar-refractivity contribution < 1.29 is 4.52 Å². The first-order valence-corrected chi connectivity index (χ1v) is 17.6. The van der Waals surface area contributed by atoms with E-state index in [1.54, 1.807) is 11.3 Å². The van der Waals surface area contributed by atoms with Gasteiger partial charge in [0.15, 0.2) is 22.9 Å². The van der Waals surface area contributed by atoms with E-state index in [-0.39, 0.29) is 18.0 Å². The molecule has 11 nitrogen and oxygen atoms in total. The van der Waals surface area contributed by atoms with Gasteiger partial charge in [0.05, 0.1) is 34.7 Å². The number of nitriles is 2. The minimum Gasteiger partial charge on any atom is -0.389 e. The molecule has 1 spiro atoms. The summed E-state index contributed by atoms with van der Waals surface area (Å²) < 4.78 is 8.43. The topological polar surface area (TPSA) is 150 Å². The van der Waals surface area contributed by atoms with Gasteiger partial charge in [-0.15, -0.1) is 11.3 Å².